The highest BCUT2D eigenvalue weighted by atomic mass is 32.2. The van der Waals surface area contributed by atoms with Crippen molar-refractivity contribution in [3.05, 3.63) is 89.5 Å². The van der Waals surface area contributed by atoms with Crippen molar-refractivity contribution in [1.82, 2.24) is 9.78 Å². The quantitative estimate of drug-likeness (QED) is 0.412. The Labute approximate surface area is 183 Å². The van der Waals surface area contributed by atoms with Crippen LogP contribution >= 0.6 is 11.8 Å². The van der Waals surface area contributed by atoms with Crippen molar-refractivity contribution >= 4 is 17.7 Å². The molecule has 4 aromatic rings. The fourth-order valence-corrected chi connectivity index (χ4v) is 4.91. The maximum atomic E-state index is 13.5. The normalized spacial score (nSPS) is 12.3. The van der Waals surface area contributed by atoms with Crippen LogP contribution in [0.3, 0.4) is 0 Å². The van der Waals surface area contributed by atoms with Crippen LogP contribution in [0, 0.1) is 5.82 Å². The molecular weight excluding hydrogens is 411 g/mol. The number of halogens is 1. The second-order valence-corrected chi connectivity index (χ2v) is 8.28. The minimum Gasteiger partial charge on any atom is -0.478 e. The van der Waals surface area contributed by atoms with Crippen molar-refractivity contribution in [1.29, 1.82) is 0 Å². The average molecular weight is 431 g/mol. The Morgan fingerprint density at radius 3 is 2.48 bits per heavy atom. The zero-order valence-electron chi connectivity index (χ0n) is 16.8. The molecule has 1 N–H and O–H groups in total. The number of carboxylic acid groups (broad SMARTS) is 1. The highest BCUT2D eigenvalue weighted by Gasteiger charge is 2.30. The van der Waals surface area contributed by atoms with E-state index in [1.807, 2.05) is 53.5 Å². The van der Waals surface area contributed by atoms with E-state index in [9.17, 15) is 14.3 Å². The van der Waals surface area contributed by atoms with Gasteiger partial charge in [-0.05, 0) is 66.1 Å². The second kappa shape index (κ2) is 7.71. The number of nitrogens with zero attached hydrogens (tertiary/aromatic N) is 2. The van der Waals surface area contributed by atoms with Crippen LogP contribution in [-0.2, 0) is 12.8 Å². The topological polar surface area (TPSA) is 55.1 Å². The third-order valence-electron chi connectivity index (χ3n) is 5.68. The van der Waals surface area contributed by atoms with Gasteiger partial charge in [-0.3, -0.25) is 0 Å². The summed E-state index contributed by atoms with van der Waals surface area (Å²) in [6.45, 7) is 0. The molecule has 0 saturated heterocycles. The molecule has 0 unspecified atom stereocenters. The van der Waals surface area contributed by atoms with Gasteiger partial charge in [0.05, 0.1) is 16.9 Å². The van der Waals surface area contributed by atoms with Gasteiger partial charge in [-0.1, -0.05) is 30.3 Å². The largest absolute Gasteiger partial charge is 0.478 e. The summed E-state index contributed by atoms with van der Waals surface area (Å²) in [5.74, 6) is -1.25. The Kier molecular flexibility index (Phi) is 4.87. The summed E-state index contributed by atoms with van der Waals surface area (Å²) in [5, 5.41) is 14.9. The molecule has 1 aliphatic rings. The van der Waals surface area contributed by atoms with Gasteiger partial charge < -0.3 is 5.11 Å². The molecule has 3 aromatic carbocycles. The number of benzene rings is 3. The van der Waals surface area contributed by atoms with E-state index in [4.69, 9.17) is 5.10 Å². The smallest absolute Gasteiger partial charge is 0.337 e. The van der Waals surface area contributed by atoms with E-state index in [1.54, 1.807) is 12.1 Å². The van der Waals surface area contributed by atoms with E-state index in [1.165, 1.54) is 23.9 Å². The predicted octanol–water partition coefficient (Wildman–Crippen LogP) is 5.86. The summed E-state index contributed by atoms with van der Waals surface area (Å²) >= 11 is 1.40. The molecule has 0 fully saturated rings. The Morgan fingerprint density at radius 2 is 1.81 bits per heavy atom. The zero-order valence-corrected chi connectivity index (χ0v) is 17.6. The first-order valence-electron chi connectivity index (χ1n) is 9.94. The molecule has 0 radical (unpaired) electrons. The van der Waals surface area contributed by atoms with Gasteiger partial charge in [0.15, 0.2) is 0 Å². The van der Waals surface area contributed by atoms with Gasteiger partial charge in [-0.25, -0.2) is 13.9 Å². The maximum Gasteiger partial charge on any atom is 0.337 e. The van der Waals surface area contributed by atoms with Crippen LogP contribution in [0.1, 0.15) is 21.6 Å². The fraction of sp³-hybridized carbons (Fsp3) is 0.120. The van der Waals surface area contributed by atoms with Crippen LogP contribution in [0.4, 0.5) is 4.39 Å². The first kappa shape index (κ1) is 19.6. The lowest BCUT2D eigenvalue weighted by molar-refractivity contribution is 0.0694. The molecule has 0 bridgehead atoms. The van der Waals surface area contributed by atoms with Crippen LogP contribution in [0.25, 0.3) is 27.9 Å². The van der Waals surface area contributed by atoms with Gasteiger partial charge in [-0.2, -0.15) is 5.10 Å². The lowest BCUT2D eigenvalue weighted by Gasteiger charge is -2.23. The van der Waals surface area contributed by atoms with Crippen molar-refractivity contribution in [2.24, 2.45) is 0 Å². The van der Waals surface area contributed by atoms with Crippen molar-refractivity contribution in [3.63, 3.8) is 0 Å². The van der Waals surface area contributed by atoms with Crippen molar-refractivity contribution in [2.75, 3.05) is 6.26 Å². The molecular formula is C25H19FN2O2S. The summed E-state index contributed by atoms with van der Waals surface area (Å²) in [5.41, 5.74) is 6.50. The third kappa shape index (κ3) is 3.33. The van der Waals surface area contributed by atoms with Crippen LogP contribution < -0.4 is 0 Å². The lowest BCUT2D eigenvalue weighted by Crippen LogP contribution is -2.12. The predicted molar refractivity (Wildman–Crippen MR) is 121 cm³/mol. The second-order valence-electron chi connectivity index (χ2n) is 7.44. The fourth-order valence-electron chi connectivity index (χ4n) is 4.28. The van der Waals surface area contributed by atoms with Crippen LogP contribution in [-0.4, -0.2) is 27.1 Å². The molecule has 0 atom stereocenters. The Morgan fingerprint density at radius 1 is 1.06 bits per heavy atom. The number of carboxylic acids is 1. The van der Waals surface area contributed by atoms with E-state index in [0.717, 1.165) is 39.2 Å². The number of hydrogen-bond donors (Lipinski definition) is 1. The molecule has 4 nitrogen and oxygen atoms in total. The van der Waals surface area contributed by atoms with Crippen LogP contribution in [0.15, 0.2) is 71.8 Å². The molecule has 0 amide bonds. The summed E-state index contributed by atoms with van der Waals surface area (Å²) in [6.07, 6.45) is 5.19. The van der Waals surface area contributed by atoms with Gasteiger partial charge in [0.2, 0.25) is 0 Å². The monoisotopic (exact) mass is 430 g/mol. The number of rotatable bonds is 4. The molecule has 1 aromatic heterocycles. The number of aromatic nitrogens is 2. The summed E-state index contributed by atoms with van der Waals surface area (Å²) in [7, 11) is 0. The lowest BCUT2D eigenvalue weighted by atomic mass is 9.82. The average Bonchev–Trinajstić information content (AvgIpc) is 3.23. The minimum absolute atomic E-state index is 0.295. The SMILES string of the molecule is CSc1cc(-c2ccc(F)cc2)c2c(c1C(=O)O)-c1cn(-c3ccccc3)nc1CC2. The number of thioether (sulfide) groups is 1. The summed E-state index contributed by atoms with van der Waals surface area (Å²) in [4.78, 5) is 13.0. The number of carbonyl (C=O) groups is 1. The van der Waals surface area contributed by atoms with Gasteiger partial charge in [-0.15, -0.1) is 11.8 Å². The Balaban J connectivity index is 1.79. The molecule has 31 heavy (non-hydrogen) atoms. The number of hydrogen-bond acceptors (Lipinski definition) is 3. The molecule has 1 heterocycles. The first-order valence-corrected chi connectivity index (χ1v) is 11.2. The molecule has 6 heteroatoms. The highest BCUT2D eigenvalue weighted by Crippen LogP contribution is 2.44. The number of para-hydroxylation sites is 1. The summed E-state index contributed by atoms with van der Waals surface area (Å²) < 4.78 is 15.3. The zero-order chi connectivity index (χ0) is 21.5. The molecule has 154 valence electrons. The van der Waals surface area contributed by atoms with Crippen LogP contribution in [0.5, 0.6) is 0 Å². The van der Waals surface area contributed by atoms with Gasteiger partial charge in [0, 0.05) is 22.2 Å². The maximum absolute atomic E-state index is 13.5. The van der Waals surface area contributed by atoms with E-state index >= 15 is 0 Å². The molecule has 1 aliphatic carbocycles. The van der Waals surface area contributed by atoms with Gasteiger partial charge >= 0.3 is 5.97 Å². The molecule has 5 rings (SSSR count). The number of fused-ring (bicyclic) bond motifs is 3. The van der Waals surface area contributed by atoms with E-state index in [2.05, 4.69) is 0 Å². The van der Waals surface area contributed by atoms with E-state index in [-0.39, 0.29) is 5.82 Å². The van der Waals surface area contributed by atoms with Crippen LogP contribution in [0.2, 0.25) is 0 Å². The van der Waals surface area contributed by atoms with Crippen molar-refractivity contribution in [3.8, 4) is 27.9 Å². The molecule has 0 spiro atoms. The van der Waals surface area contributed by atoms with E-state index in [0.29, 0.717) is 23.3 Å². The number of aromatic carboxylic acids is 1. The standard InChI is InChI=1S/C25H19FN2O2S/c1-31-22-13-19(15-7-9-16(26)10-8-15)18-11-12-21-20(23(18)24(22)25(29)30)14-28(27-21)17-5-3-2-4-6-17/h2-10,13-14H,11-12H2,1H3,(H,29,30). The molecule has 0 saturated carbocycles. The van der Waals surface area contributed by atoms with Crippen molar-refractivity contribution in [2.45, 2.75) is 17.7 Å². The van der Waals surface area contributed by atoms with Gasteiger partial charge in [0.1, 0.15) is 5.82 Å². The molecule has 0 aliphatic heterocycles. The van der Waals surface area contributed by atoms with E-state index < -0.39 is 5.97 Å². The van der Waals surface area contributed by atoms with Crippen molar-refractivity contribution < 1.29 is 14.3 Å². The van der Waals surface area contributed by atoms with Gasteiger partial charge in [0.25, 0.3) is 0 Å². The Bertz CT molecular complexity index is 1300. The third-order valence-corrected chi connectivity index (χ3v) is 6.44. The minimum atomic E-state index is -0.952. The number of aryl methyl sites for hydroxylation is 1. The highest BCUT2D eigenvalue weighted by molar-refractivity contribution is 7.98. The first-order chi connectivity index (χ1) is 15.1. The summed E-state index contributed by atoms with van der Waals surface area (Å²) in [6, 6.07) is 18.1. The Hall–Kier alpha value is -3.38.